The number of carbonyl (C=O) groups is 1. The molecule has 2 aromatic heterocycles. The maximum absolute atomic E-state index is 12.4. The van der Waals surface area contributed by atoms with Gasteiger partial charge in [-0.2, -0.15) is 5.10 Å². The van der Waals surface area contributed by atoms with Crippen LogP contribution in [0.5, 0.6) is 0 Å². The summed E-state index contributed by atoms with van der Waals surface area (Å²) in [6, 6.07) is 11.7. The van der Waals surface area contributed by atoms with Gasteiger partial charge in [0.2, 0.25) is 5.91 Å². The van der Waals surface area contributed by atoms with E-state index in [1.165, 1.54) is 0 Å². The Morgan fingerprint density at radius 2 is 2.04 bits per heavy atom. The van der Waals surface area contributed by atoms with E-state index in [2.05, 4.69) is 5.10 Å². The van der Waals surface area contributed by atoms with Gasteiger partial charge in [-0.25, -0.2) is 0 Å². The SMILES string of the molecule is Cc1nn(Cc2ccccc2Cl)c(C)c1CN(C)C(=O)/C=C/c1cccs1. The van der Waals surface area contributed by atoms with Crippen molar-refractivity contribution < 1.29 is 4.79 Å². The fraction of sp³-hybridized carbons (Fsp3) is 0.238. The second-order valence-corrected chi connectivity index (χ2v) is 7.83. The Kier molecular flexibility index (Phi) is 6.14. The summed E-state index contributed by atoms with van der Waals surface area (Å²) in [6.45, 7) is 5.15. The van der Waals surface area contributed by atoms with Crippen molar-refractivity contribution in [2.24, 2.45) is 0 Å². The van der Waals surface area contributed by atoms with E-state index in [-0.39, 0.29) is 5.91 Å². The smallest absolute Gasteiger partial charge is 0.246 e. The van der Waals surface area contributed by atoms with Gasteiger partial charge in [0.25, 0.3) is 0 Å². The van der Waals surface area contributed by atoms with Crippen molar-refractivity contribution >= 4 is 34.9 Å². The number of rotatable bonds is 6. The van der Waals surface area contributed by atoms with Gasteiger partial charge in [-0.1, -0.05) is 35.9 Å². The largest absolute Gasteiger partial charge is 0.338 e. The van der Waals surface area contributed by atoms with Crippen molar-refractivity contribution in [3.63, 3.8) is 0 Å². The quantitative estimate of drug-likeness (QED) is 0.551. The second kappa shape index (κ2) is 8.55. The molecule has 1 amide bonds. The number of carbonyl (C=O) groups excluding carboxylic acids is 1. The van der Waals surface area contributed by atoms with Crippen LogP contribution in [0.25, 0.3) is 6.08 Å². The van der Waals surface area contributed by atoms with Crippen LogP contribution in [0.4, 0.5) is 0 Å². The minimum absolute atomic E-state index is 0.0268. The molecule has 1 aromatic carbocycles. The third-order valence-electron chi connectivity index (χ3n) is 4.51. The van der Waals surface area contributed by atoms with E-state index in [9.17, 15) is 4.79 Å². The van der Waals surface area contributed by atoms with Crippen LogP contribution in [0.3, 0.4) is 0 Å². The normalized spacial score (nSPS) is 11.3. The molecule has 3 aromatic rings. The fourth-order valence-electron chi connectivity index (χ4n) is 2.89. The van der Waals surface area contributed by atoms with E-state index >= 15 is 0 Å². The zero-order valence-corrected chi connectivity index (χ0v) is 17.2. The molecule has 0 spiro atoms. The highest BCUT2D eigenvalue weighted by atomic mass is 35.5. The Labute approximate surface area is 168 Å². The Balaban J connectivity index is 1.72. The lowest BCUT2D eigenvalue weighted by Crippen LogP contribution is -2.24. The number of halogens is 1. The van der Waals surface area contributed by atoms with Gasteiger partial charge in [-0.3, -0.25) is 9.48 Å². The molecule has 0 unspecified atom stereocenters. The number of amides is 1. The number of hydrogen-bond acceptors (Lipinski definition) is 3. The lowest BCUT2D eigenvalue weighted by molar-refractivity contribution is -0.125. The average Bonchev–Trinajstić information content (AvgIpc) is 3.25. The highest BCUT2D eigenvalue weighted by molar-refractivity contribution is 7.10. The summed E-state index contributed by atoms with van der Waals surface area (Å²) in [5.74, 6) is -0.0268. The van der Waals surface area contributed by atoms with Crippen LogP contribution in [0, 0.1) is 13.8 Å². The minimum atomic E-state index is -0.0268. The minimum Gasteiger partial charge on any atom is -0.338 e. The lowest BCUT2D eigenvalue weighted by atomic mass is 10.1. The predicted molar refractivity (Wildman–Crippen MR) is 112 cm³/mol. The molecule has 0 saturated carbocycles. The highest BCUT2D eigenvalue weighted by Crippen LogP contribution is 2.20. The molecule has 0 aliphatic heterocycles. The number of aromatic nitrogens is 2. The first kappa shape index (κ1) is 19.4. The number of benzene rings is 1. The molecular formula is C21H22ClN3OS. The summed E-state index contributed by atoms with van der Waals surface area (Å²) in [6.07, 6.45) is 3.47. The van der Waals surface area contributed by atoms with Crippen molar-refractivity contribution in [3.05, 3.63) is 80.3 Å². The zero-order valence-electron chi connectivity index (χ0n) is 15.6. The van der Waals surface area contributed by atoms with E-state index in [1.54, 1.807) is 22.3 Å². The summed E-state index contributed by atoms with van der Waals surface area (Å²) in [5, 5.41) is 7.38. The molecule has 140 valence electrons. The maximum atomic E-state index is 12.4. The molecule has 6 heteroatoms. The van der Waals surface area contributed by atoms with Crippen molar-refractivity contribution in [2.75, 3.05) is 7.05 Å². The molecule has 2 heterocycles. The van der Waals surface area contributed by atoms with Crippen molar-refractivity contribution in [1.29, 1.82) is 0 Å². The molecule has 0 radical (unpaired) electrons. The van der Waals surface area contributed by atoms with E-state index in [0.29, 0.717) is 13.1 Å². The van der Waals surface area contributed by atoms with Crippen LogP contribution in [0.2, 0.25) is 5.02 Å². The van der Waals surface area contributed by atoms with E-state index < -0.39 is 0 Å². The van der Waals surface area contributed by atoms with Crippen LogP contribution in [0.1, 0.15) is 27.4 Å². The van der Waals surface area contributed by atoms with Crippen LogP contribution < -0.4 is 0 Å². The number of thiophene rings is 1. The molecule has 3 rings (SSSR count). The molecule has 27 heavy (non-hydrogen) atoms. The first-order valence-corrected chi connectivity index (χ1v) is 9.94. The highest BCUT2D eigenvalue weighted by Gasteiger charge is 2.16. The van der Waals surface area contributed by atoms with Crippen LogP contribution >= 0.6 is 22.9 Å². The molecule has 0 aliphatic rings. The number of hydrogen-bond donors (Lipinski definition) is 0. The summed E-state index contributed by atoms with van der Waals surface area (Å²) in [5.41, 5.74) is 4.08. The standard InChI is InChI=1S/C21H22ClN3OS/c1-15-19(14-24(3)21(26)11-10-18-8-6-12-27-18)16(2)25(23-15)13-17-7-4-5-9-20(17)22/h4-12H,13-14H2,1-3H3/b11-10+. The molecule has 0 N–H and O–H groups in total. The number of aryl methyl sites for hydroxylation is 1. The summed E-state index contributed by atoms with van der Waals surface area (Å²) >= 11 is 7.88. The molecule has 0 saturated heterocycles. The zero-order chi connectivity index (χ0) is 19.4. The maximum Gasteiger partial charge on any atom is 0.246 e. The third kappa shape index (κ3) is 4.67. The fourth-order valence-corrected chi connectivity index (χ4v) is 3.70. The summed E-state index contributed by atoms with van der Waals surface area (Å²) < 4.78 is 1.95. The van der Waals surface area contributed by atoms with Crippen molar-refractivity contribution in [3.8, 4) is 0 Å². The Bertz CT molecular complexity index is 960. The molecular weight excluding hydrogens is 378 g/mol. The van der Waals surface area contributed by atoms with Crippen molar-refractivity contribution in [2.45, 2.75) is 26.9 Å². The Hall–Kier alpha value is -2.37. The van der Waals surface area contributed by atoms with E-state index in [0.717, 1.165) is 32.4 Å². The monoisotopic (exact) mass is 399 g/mol. The first-order valence-electron chi connectivity index (χ1n) is 8.68. The van der Waals surface area contributed by atoms with Crippen LogP contribution in [0.15, 0.2) is 47.9 Å². The van der Waals surface area contributed by atoms with Gasteiger partial charge in [-0.05, 0) is 43.0 Å². The predicted octanol–water partition coefficient (Wildman–Crippen LogP) is 4.93. The Morgan fingerprint density at radius 3 is 2.74 bits per heavy atom. The molecule has 0 bridgehead atoms. The van der Waals surface area contributed by atoms with Gasteiger partial charge in [-0.15, -0.1) is 11.3 Å². The average molecular weight is 400 g/mol. The van der Waals surface area contributed by atoms with Gasteiger partial charge in [0.1, 0.15) is 0 Å². The van der Waals surface area contributed by atoms with Gasteiger partial charge in [0.15, 0.2) is 0 Å². The Morgan fingerprint density at radius 1 is 1.26 bits per heavy atom. The summed E-state index contributed by atoms with van der Waals surface area (Å²) in [7, 11) is 1.81. The van der Waals surface area contributed by atoms with E-state index in [1.807, 2.05) is 73.4 Å². The number of likely N-dealkylation sites (N-methyl/N-ethyl adjacent to an activating group) is 1. The second-order valence-electron chi connectivity index (χ2n) is 6.44. The van der Waals surface area contributed by atoms with Crippen LogP contribution in [-0.2, 0) is 17.9 Å². The molecule has 0 aliphatic carbocycles. The number of nitrogens with zero attached hydrogens (tertiary/aromatic N) is 3. The van der Waals surface area contributed by atoms with Gasteiger partial charge in [0, 0.05) is 40.8 Å². The third-order valence-corrected chi connectivity index (χ3v) is 5.72. The van der Waals surface area contributed by atoms with Crippen LogP contribution in [-0.4, -0.2) is 27.6 Å². The molecule has 4 nitrogen and oxygen atoms in total. The lowest BCUT2D eigenvalue weighted by Gasteiger charge is -2.15. The van der Waals surface area contributed by atoms with Crippen molar-refractivity contribution in [1.82, 2.24) is 14.7 Å². The topological polar surface area (TPSA) is 38.1 Å². The molecule has 0 atom stereocenters. The van der Waals surface area contributed by atoms with Gasteiger partial charge < -0.3 is 4.90 Å². The van der Waals surface area contributed by atoms with E-state index in [4.69, 9.17) is 11.6 Å². The first-order chi connectivity index (χ1) is 13.0. The summed E-state index contributed by atoms with van der Waals surface area (Å²) in [4.78, 5) is 15.2. The van der Waals surface area contributed by atoms with Gasteiger partial charge in [0.05, 0.1) is 12.2 Å². The molecule has 0 fully saturated rings. The van der Waals surface area contributed by atoms with Gasteiger partial charge >= 0.3 is 0 Å².